The van der Waals surface area contributed by atoms with Crippen LogP contribution in [0.2, 0.25) is 0 Å². The van der Waals surface area contributed by atoms with Gasteiger partial charge in [0, 0.05) is 15.6 Å². The van der Waals surface area contributed by atoms with Crippen LogP contribution in [0.1, 0.15) is 32.5 Å². The molecular formula is C21H14BrNO3. The van der Waals surface area contributed by atoms with Crippen LogP contribution in [-0.2, 0) is 0 Å². The summed E-state index contributed by atoms with van der Waals surface area (Å²) in [5.74, 6) is -0.283. The van der Waals surface area contributed by atoms with Crippen LogP contribution in [0, 0.1) is 0 Å². The van der Waals surface area contributed by atoms with Gasteiger partial charge < -0.3 is 4.74 Å². The summed E-state index contributed by atoms with van der Waals surface area (Å²) in [5.41, 5.74) is 1.54. The fraction of sp³-hybridized carbons (Fsp3) is 0.0476. The lowest BCUT2D eigenvalue weighted by atomic mass is 10.1. The molecular weight excluding hydrogens is 394 g/mol. The zero-order chi connectivity index (χ0) is 18.1. The average molecular weight is 408 g/mol. The summed E-state index contributed by atoms with van der Waals surface area (Å²) in [6.45, 7) is 0. The monoisotopic (exact) mass is 407 g/mol. The van der Waals surface area contributed by atoms with Crippen molar-refractivity contribution in [3.05, 3.63) is 100 Å². The zero-order valence-corrected chi connectivity index (χ0v) is 15.2. The zero-order valence-electron chi connectivity index (χ0n) is 13.6. The molecule has 4 nitrogen and oxygen atoms in total. The van der Waals surface area contributed by atoms with Gasteiger partial charge in [-0.15, -0.1) is 0 Å². The quantitative estimate of drug-likeness (QED) is 0.571. The molecule has 1 heterocycles. The topological polar surface area (TPSA) is 46.6 Å². The first-order chi connectivity index (χ1) is 12.6. The van der Waals surface area contributed by atoms with Crippen molar-refractivity contribution in [3.8, 4) is 5.75 Å². The van der Waals surface area contributed by atoms with Crippen molar-refractivity contribution >= 4 is 27.7 Å². The molecule has 5 heteroatoms. The van der Waals surface area contributed by atoms with Crippen molar-refractivity contribution in [1.29, 1.82) is 0 Å². The van der Waals surface area contributed by atoms with Gasteiger partial charge >= 0.3 is 0 Å². The maximum absolute atomic E-state index is 13.1. The average Bonchev–Trinajstić information content (AvgIpc) is 2.69. The predicted molar refractivity (Wildman–Crippen MR) is 101 cm³/mol. The van der Waals surface area contributed by atoms with Gasteiger partial charge in [-0.05, 0) is 36.4 Å². The van der Waals surface area contributed by atoms with E-state index >= 15 is 0 Å². The van der Waals surface area contributed by atoms with E-state index in [0.29, 0.717) is 16.9 Å². The number of hydrogen-bond acceptors (Lipinski definition) is 3. The van der Waals surface area contributed by atoms with Crippen molar-refractivity contribution in [2.24, 2.45) is 0 Å². The van der Waals surface area contributed by atoms with Crippen molar-refractivity contribution in [1.82, 2.24) is 4.90 Å². The molecule has 0 saturated heterocycles. The molecule has 0 N–H and O–H groups in total. The number of carbonyl (C=O) groups is 2. The molecule has 1 aliphatic rings. The van der Waals surface area contributed by atoms with E-state index in [9.17, 15) is 9.59 Å². The van der Waals surface area contributed by atoms with Gasteiger partial charge in [0.1, 0.15) is 5.75 Å². The number of hydrogen-bond donors (Lipinski definition) is 0. The number of rotatable bonds is 2. The van der Waals surface area contributed by atoms with Crippen molar-refractivity contribution in [3.63, 3.8) is 0 Å². The Balaban J connectivity index is 1.82. The Hall–Kier alpha value is -2.92. The number of fused-ring (bicyclic) bond motifs is 1. The second kappa shape index (κ2) is 6.77. The Labute approximate surface area is 159 Å². The third-order valence-corrected chi connectivity index (χ3v) is 4.73. The Bertz CT molecular complexity index is 970. The largest absolute Gasteiger partial charge is 0.465 e. The van der Waals surface area contributed by atoms with Gasteiger partial charge in [0.2, 0.25) is 6.23 Å². The first-order valence-corrected chi connectivity index (χ1v) is 8.88. The summed E-state index contributed by atoms with van der Waals surface area (Å²) >= 11 is 3.40. The van der Waals surface area contributed by atoms with E-state index in [1.807, 2.05) is 30.3 Å². The van der Waals surface area contributed by atoms with Crippen LogP contribution in [0.3, 0.4) is 0 Å². The fourth-order valence-corrected chi connectivity index (χ4v) is 3.18. The van der Waals surface area contributed by atoms with Gasteiger partial charge in [0.25, 0.3) is 11.8 Å². The maximum atomic E-state index is 13.1. The molecule has 4 rings (SSSR count). The Kier molecular flexibility index (Phi) is 4.31. The molecule has 1 atom stereocenters. The standard InChI is InChI=1S/C21H14BrNO3/c22-16-12-10-15(11-13-16)21-23(19(24)14-6-2-1-3-7-14)20(25)17-8-4-5-9-18(17)26-21/h1-13,21H. The number of benzene rings is 3. The van der Waals surface area contributed by atoms with Gasteiger partial charge in [-0.1, -0.05) is 58.4 Å². The Morgan fingerprint density at radius 3 is 2.27 bits per heavy atom. The van der Waals surface area contributed by atoms with E-state index < -0.39 is 12.1 Å². The molecule has 0 aromatic heterocycles. The maximum Gasteiger partial charge on any atom is 0.267 e. The molecule has 3 aromatic rings. The number of amides is 2. The van der Waals surface area contributed by atoms with E-state index in [1.54, 1.807) is 48.5 Å². The lowest BCUT2D eigenvalue weighted by molar-refractivity contribution is 0.0107. The smallest absolute Gasteiger partial charge is 0.267 e. The highest BCUT2D eigenvalue weighted by Gasteiger charge is 2.39. The molecule has 128 valence electrons. The lowest BCUT2D eigenvalue weighted by Crippen LogP contribution is -2.45. The van der Waals surface area contributed by atoms with Crippen molar-refractivity contribution in [2.45, 2.75) is 6.23 Å². The number of ether oxygens (including phenoxy) is 1. The molecule has 0 bridgehead atoms. The number of nitrogens with zero attached hydrogens (tertiary/aromatic N) is 1. The minimum absolute atomic E-state index is 0.367. The number of para-hydroxylation sites is 1. The lowest BCUT2D eigenvalue weighted by Gasteiger charge is -2.35. The number of imide groups is 1. The molecule has 0 spiro atoms. The fourth-order valence-electron chi connectivity index (χ4n) is 2.92. The highest BCUT2D eigenvalue weighted by atomic mass is 79.9. The Morgan fingerprint density at radius 1 is 0.885 bits per heavy atom. The summed E-state index contributed by atoms with van der Waals surface area (Å²) in [4.78, 5) is 27.4. The van der Waals surface area contributed by atoms with E-state index in [4.69, 9.17) is 4.74 Å². The number of halogens is 1. The molecule has 3 aromatic carbocycles. The Morgan fingerprint density at radius 2 is 1.54 bits per heavy atom. The van der Waals surface area contributed by atoms with Crippen molar-refractivity contribution < 1.29 is 14.3 Å². The molecule has 1 aliphatic heterocycles. The van der Waals surface area contributed by atoms with Crippen LogP contribution in [0.15, 0.2) is 83.3 Å². The molecule has 0 aliphatic carbocycles. The summed E-state index contributed by atoms with van der Waals surface area (Å²) in [7, 11) is 0. The van der Waals surface area contributed by atoms with Crippen LogP contribution in [0.4, 0.5) is 0 Å². The summed E-state index contributed by atoms with van der Waals surface area (Å²) in [6.07, 6.45) is -0.821. The second-order valence-electron chi connectivity index (χ2n) is 5.86. The first kappa shape index (κ1) is 16.5. The molecule has 26 heavy (non-hydrogen) atoms. The molecule has 0 radical (unpaired) electrons. The van der Waals surface area contributed by atoms with E-state index in [1.165, 1.54) is 4.90 Å². The van der Waals surface area contributed by atoms with Crippen molar-refractivity contribution in [2.75, 3.05) is 0 Å². The normalized spacial score (nSPS) is 16.0. The van der Waals surface area contributed by atoms with E-state index in [-0.39, 0.29) is 5.91 Å². The van der Waals surface area contributed by atoms with Crippen LogP contribution < -0.4 is 4.74 Å². The highest BCUT2D eigenvalue weighted by Crippen LogP contribution is 2.36. The minimum Gasteiger partial charge on any atom is -0.465 e. The molecule has 1 unspecified atom stereocenters. The van der Waals surface area contributed by atoms with Crippen LogP contribution in [0.5, 0.6) is 5.75 Å². The van der Waals surface area contributed by atoms with Gasteiger partial charge in [0.05, 0.1) is 5.56 Å². The third-order valence-electron chi connectivity index (χ3n) is 4.20. The highest BCUT2D eigenvalue weighted by molar-refractivity contribution is 9.10. The van der Waals surface area contributed by atoms with E-state index in [2.05, 4.69) is 15.9 Å². The first-order valence-electron chi connectivity index (χ1n) is 8.09. The number of carbonyl (C=O) groups excluding carboxylic acids is 2. The van der Waals surface area contributed by atoms with Gasteiger partial charge in [-0.3, -0.25) is 9.59 Å². The van der Waals surface area contributed by atoms with Crippen LogP contribution in [0.25, 0.3) is 0 Å². The van der Waals surface area contributed by atoms with Gasteiger partial charge in [-0.2, -0.15) is 0 Å². The van der Waals surface area contributed by atoms with Gasteiger partial charge in [0.15, 0.2) is 0 Å². The van der Waals surface area contributed by atoms with Gasteiger partial charge in [-0.25, -0.2) is 4.90 Å². The van der Waals surface area contributed by atoms with Crippen LogP contribution in [-0.4, -0.2) is 16.7 Å². The molecule has 0 saturated carbocycles. The summed E-state index contributed by atoms with van der Waals surface area (Å²) in [6, 6.07) is 23.1. The summed E-state index contributed by atoms with van der Waals surface area (Å²) < 4.78 is 6.96. The molecule has 2 amide bonds. The molecule has 0 fully saturated rings. The van der Waals surface area contributed by atoms with Crippen LogP contribution >= 0.6 is 15.9 Å². The third kappa shape index (κ3) is 2.91. The SMILES string of the molecule is O=C(c1ccccc1)N1C(=O)c2ccccc2OC1c1ccc(Br)cc1. The predicted octanol–water partition coefficient (Wildman–Crippen LogP) is 4.82. The summed E-state index contributed by atoms with van der Waals surface area (Å²) in [5, 5.41) is 0. The minimum atomic E-state index is -0.821. The van der Waals surface area contributed by atoms with E-state index in [0.717, 1.165) is 10.0 Å². The second-order valence-corrected chi connectivity index (χ2v) is 6.78.